The molecule has 0 saturated heterocycles. The molecule has 5 heteroatoms. The van der Waals surface area contributed by atoms with Crippen molar-refractivity contribution in [3.63, 3.8) is 0 Å². The van der Waals surface area contributed by atoms with Crippen molar-refractivity contribution in [1.82, 2.24) is 0 Å². The molecule has 4 nitrogen and oxygen atoms in total. The molecule has 21 heavy (non-hydrogen) atoms. The summed E-state index contributed by atoms with van der Waals surface area (Å²) in [4.78, 5) is 23.9. The lowest BCUT2D eigenvalue weighted by Gasteiger charge is -2.14. The number of nitrogens with one attached hydrogen (secondary N) is 1. The van der Waals surface area contributed by atoms with Gasteiger partial charge in [-0.3, -0.25) is 4.79 Å². The normalized spacial score (nSPS) is 15.5. The summed E-state index contributed by atoms with van der Waals surface area (Å²) in [7, 11) is 0. The molecule has 1 fully saturated rings. The molecule has 1 amide bonds. The van der Waals surface area contributed by atoms with Gasteiger partial charge in [0.25, 0.3) is 0 Å². The first-order chi connectivity index (χ1) is 10.0. The zero-order chi connectivity index (χ0) is 15.0. The van der Waals surface area contributed by atoms with Gasteiger partial charge in [-0.1, -0.05) is 30.3 Å². The molecule has 108 valence electrons. The summed E-state index contributed by atoms with van der Waals surface area (Å²) in [5.74, 6) is -1.01. The predicted molar refractivity (Wildman–Crippen MR) is 82.0 cm³/mol. The Hall–Kier alpha value is -2.14. The Kier molecular flexibility index (Phi) is 3.29. The van der Waals surface area contributed by atoms with Crippen LogP contribution < -0.4 is 5.32 Å². The fraction of sp³-hybridized carbons (Fsp3) is 0.250. The fourth-order valence-electron chi connectivity index (χ4n) is 2.52. The van der Waals surface area contributed by atoms with E-state index in [0.29, 0.717) is 10.6 Å². The molecule has 3 rings (SSSR count). The Labute approximate surface area is 126 Å². The quantitative estimate of drug-likeness (QED) is 0.909. The second kappa shape index (κ2) is 5.00. The Balaban J connectivity index is 1.81. The molecule has 2 aromatic rings. The minimum Gasteiger partial charge on any atom is -0.477 e. The highest BCUT2D eigenvalue weighted by Gasteiger charge is 2.51. The van der Waals surface area contributed by atoms with Crippen molar-refractivity contribution in [1.29, 1.82) is 0 Å². The van der Waals surface area contributed by atoms with Crippen LogP contribution in [0.15, 0.2) is 36.4 Å². The van der Waals surface area contributed by atoms with Crippen LogP contribution in [0.3, 0.4) is 0 Å². The molecule has 1 aliphatic carbocycles. The van der Waals surface area contributed by atoms with Gasteiger partial charge in [0.1, 0.15) is 4.88 Å². The molecule has 1 heterocycles. The Morgan fingerprint density at radius 3 is 2.43 bits per heavy atom. The summed E-state index contributed by atoms with van der Waals surface area (Å²) in [6.07, 6.45) is 1.66. The molecule has 0 bridgehead atoms. The number of rotatable bonds is 4. The van der Waals surface area contributed by atoms with Crippen LogP contribution in [-0.2, 0) is 10.2 Å². The number of carbonyl (C=O) groups excluding carboxylic acids is 1. The summed E-state index contributed by atoms with van der Waals surface area (Å²) in [6.45, 7) is 1.74. The van der Waals surface area contributed by atoms with E-state index >= 15 is 0 Å². The third-order valence-electron chi connectivity index (χ3n) is 3.86. The fourth-order valence-corrected chi connectivity index (χ4v) is 3.42. The predicted octanol–water partition coefficient (Wildman–Crippen LogP) is 3.43. The van der Waals surface area contributed by atoms with Crippen LogP contribution in [-0.4, -0.2) is 17.0 Å². The molecule has 1 aliphatic rings. The minimum atomic E-state index is -0.956. The van der Waals surface area contributed by atoms with E-state index in [0.717, 1.165) is 29.7 Å². The average Bonchev–Trinajstić information content (AvgIpc) is 3.19. The number of anilines is 1. The first-order valence-corrected chi connectivity index (χ1v) is 7.55. The summed E-state index contributed by atoms with van der Waals surface area (Å²) in [6, 6.07) is 11.4. The van der Waals surface area contributed by atoms with Crippen LogP contribution >= 0.6 is 11.3 Å². The van der Waals surface area contributed by atoms with Gasteiger partial charge < -0.3 is 10.4 Å². The van der Waals surface area contributed by atoms with Crippen molar-refractivity contribution < 1.29 is 14.7 Å². The first-order valence-electron chi connectivity index (χ1n) is 6.74. The topological polar surface area (TPSA) is 66.4 Å². The summed E-state index contributed by atoms with van der Waals surface area (Å²) >= 11 is 1.10. The average molecular weight is 301 g/mol. The van der Waals surface area contributed by atoms with Crippen LogP contribution in [0, 0.1) is 6.92 Å². The van der Waals surface area contributed by atoms with E-state index in [9.17, 15) is 9.59 Å². The van der Waals surface area contributed by atoms with Crippen molar-refractivity contribution in [2.24, 2.45) is 0 Å². The molecular weight excluding hydrogens is 286 g/mol. The summed E-state index contributed by atoms with van der Waals surface area (Å²) in [5.41, 5.74) is 1.25. The van der Waals surface area contributed by atoms with Crippen molar-refractivity contribution in [2.75, 3.05) is 5.32 Å². The SMILES string of the molecule is Cc1cc(NC(=O)C2(c3ccccc3)CC2)sc1C(=O)O. The second-order valence-electron chi connectivity index (χ2n) is 5.33. The molecule has 1 aromatic heterocycles. The van der Waals surface area contributed by atoms with E-state index in [-0.39, 0.29) is 10.8 Å². The second-order valence-corrected chi connectivity index (χ2v) is 6.38. The largest absolute Gasteiger partial charge is 0.477 e. The summed E-state index contributed by atoms with van der Waals surface area (Å²) in [5, 5.41) is 12.5. The van der Waals surface area contributed by atoms with E-state index in [1.54, 1.807) is 13.0 Å². The van der Waals surface area contributed by atoms with Crippen molar-refractivity contribution in [2.45, 2.75) is 25.2 Å². The van der Waals surface area contributed by atoms with Gasteiger partial charge in [-0.2, -0.15) is 0 Å². The Morgan fingerprint density at radius 2 is 1.90 bits per heavy atom. The van der Waals surface area contributed by atoms with Crippen molar-refractivity contribution in [3.8, 4) is 0 Å². The van der Waals surface area contributed by atoms with Crippen LogP contribution in [0.1, 0.15) is 33.6 Å². The number of thiophene rings is 1. The summed E-state index contributed by atoms with van der Waals surface area (Å²) < 4.78 is 0. The molecule has 0 spiro atoms. The van der Waals surface area contributed by atoms with E-state index < -0.39 is 11.4 Å². The van der Waals surface area contributed by atoms with Gasteiger partial charge in [0.15, 0.2) is 0 Å². The third-order valence-corrected chi connectivity index (χ3v) is 5.00. The van der Waals surface area contributed by atoms with E-state index in [2.05, 4.69) is 5.32 Å². The third kappa shape index (κ3) is 2.45. The lowest BCUT2D eigenvalue weighted by molar-refractivity contribution is -0.118. The molecule has 0 radical (unpaired) electrons. The maximum atomic E-state index is 12.5. The van der Waals surface area contributed by atoms with Gasteiger partial charge in [-0.15, -0.1) is 11.3 Å². The van der Waals surface area contributed by atoms with Gasteiger partial charge in [-0.05, 0) is 37.0 Å². The highest BCUT2D eigenvalue weighted by molar-refractivity contribution is 7.18. The maximum Gasteiger partial charge on any atom is 0.346 e. The number of carboxylic acid groups (broad SMARTS) is 1. The number of amides is 1. The van der Waals surface area contributed by atoms with E-state index in [1.165, 1.54) is 0 Å². The molecule has 2 N–H and O–H groups in total. The number of benzene rings is 1. The van der Waals surface area contributed by atoms with Gasteiger partial charge in [-0.25, -0.2) is 4.79 Å². The van der Waals surface area contributed by atoms with E-state index in [4.69, 9.17) is 5.11 Å². The minimum absolute atomic E-state index is 0.0492. The number of hydrogen-bond donors (Lipinski definition) is 2. The maximum absolute atomic E-state index is 12.5. The molecule has 0 unspecified atom stereocenters. The zero-order valence-electron chi connectivity index (χ0n) is 11.6. The number of carbonyl (C=O) groups is 2. The lowest BCUT2D eigenvalue weighted by Crippen LogP contribution is -2.27. The van der Waals surface area contributed by atoms with Gasteiger partial charge in [0, 0.05) is 0 Å². The molecule has 1 saturated carbocycles. The highest BCUT2D eigenvalue weighted by Crippen LogP contribution is 2.49. The van der Waals surface area contributed by atoms with Crippen LogP contribution in [0.4, 0.5) is 5.00 Å². The van der Waals surface area contributed by atoms with Crippen molar-refractivity contribution in [3.05, 3.63) is 52.4 Å². The first kappa shape index (κ1) is 13.8. The standard InChI is InChI=1S/C16H15NO3S/c1-10-9-12(21-13(10)14(18)19)17-15(20)16(7-8-16)11-5-3-2-4-6-11/h2-6,9H,7-8H2,1H3,(H,17,20)(H,18,19). The van der Waals surface area contributed by atoms with Crippen LogP contribution in [0.2, 0.25) is 0 Å². The molecular formula is C16H15NO3S. The van der Waals surface area contributed by atoms with E-state index in [1.807, 2.05) is 30.3 Å². The molecule has 0 aliphatic heterocycles. The lowest BCUT2D eigenvalue weighted by atomic mass is 9.95. The number of hydrogen-bond acceptors (Lipinski definition) is 3. The van der Waals surface area contributed by atoms with Crippen LogP contribution in [0.25, 0.3) is 0 Å². The Morgan fingerprint density at radius 1 is 1.24 bits per heavy atom. The van der Waals surface area contributed by atoms with Gasteiger partial charge >= 0.3 is 5.97 Å². The highest BCUT2D eigenvalue weighted by atomic mass is 32.1. The van der Waals surface area contributed by atoms with Crippen molar-refractivity contribution >= 4 is 28.2 Å². The number of aromatic carboxylic acids is 1. The zero-order valence-corrected chi connectivity index (χ0v) is 12.4. The van der Waals surface area contributed by atoms with Crippen LogP contribution in [0.5, 0.6) is 0 Å². The Bertz CT molecular complexity index is 702. The molecule has 0 atom stereocenters. The van der Waals surface area contributed by atoms with Gasteiger partial charge in [0.2, 0.25) is 5.91 Å². The smallest absolute Gasteiger partial charge is 0.346 e. The van der Waals surface area contributed by atoms with Gasteiger partial charge in [0.05, 0.1) is 10.4 Å². The monoisotopic (exact) mass is 301 g/mol. The molecule has 1 aromatic carbocycles. The number of carboxylic acids is 1. The number of aryl methyl sites for hydroxylation is 1.